The van der Waals surface area contributed by atoms with Crippen LogP contribution in [0.5, 0.6) is 0 Å². The third-order valence-corrected chi connectivity index (χ3v) is 3.94. The summed E-state index contributed by atoms with van der Waals surface area (Å²) in [5.74, 6) is 2.48. The van der Waals surface area contributed by atoms with Crippen molar-refractivity contribution in [3.8, 4) is 0 Å². The summed E-state index contributed by atoms with van der Waals surface area (Å²) in [6.07, 6.45) is 5.28. The Bertz CT molecular complexity index is 403. The van der Waals surface area contributed by atoms with Gasteiger partial charge in [0.05, 0.1) is 0 Å². The molecule has 2 rings (SSSR count). The first-order valence-corrected chi connectivity index (χ1v) is 7.42. The van der Waals surface area contributed by atoms with Gasteiger partial charge >= 0.3 is 0 Å². The van der Waals surface area contributed by atoms with E-state index in [1.165, 1.54) is 24.2 Å². The summed E-state index contributed by atoms with van der Waals surface area (Å²) in [6, 6.07) is 2.14. The Kier molecular flexibility index (Phi) is 4.81. The second-order valence-electron chi connectivity index (χ2n) is 6.38. The second kappa shape index (κ2) is 6.38. The molecule has 3 heteroatoms. The molecule has 0 aliphatic heterocycles. The number of rotatable bonds is 7. The van der Waals surface area contributed by atoms with Crippen LogP contribution >= 0.6 is 0 Å². The van der Waals surface area contributed by atoms with Crippen molar-refractivity contribution >= 4 is 5.69 Å². The molecule has 1 aliphatic carbocycles. The molecule has 0 radical (unpaired) electrons. The monoisotopic (exact) mass is 261 g/mol. The molecule has 0 bridgehead atoms. The molecule has 1 aromatic heterocycles. The van der Waals surface area contributed by atoms with Gasteiger partial charge in [0, 0.05) is 43.8 Å². The van der Waals surface area contributed by atoms with Crippen molar-refractivity contribution in [1.82, 2.24) is 10.3 Å². The number of aromatic nitrogens is 1. The van der Waals surface area contributed by atoms with Gasteiger partial charge in [0.15, 0.2) is 0 Å². The first kappa shape index (κ1) is 14.3. The smallest absolute Gasteiger partial charge is 0.0440 e. The van der Waals surface area contributed by atoms with Crippen LogP contribution in [0, 0.1) is 17.8 Å². The van der Waals surface area contributed by atoms with E-state index in [2.05, 4.69) is 49.1 Å². The molecule has 0 aromatic carbocycles. The summed E-state index contributed by atoms with van der Waals surface area (Å²) in [5.41, 5.74) is 2.63. The summed E-state index contributed by atoms with van der Waals surface area (Å²) in [6.45, 7) is 9.94. The second-order valence-corrected chi connectivity index (χ2v) is 6.38. The highest BCUT2D eigenvalue weighted by Gasteiger charge is 2.33. The highest BCUT2D eigenvalue weighted by atomic mass is 15.1. The maximum Gasteiger partial charge on any atom is 0.0440 e. The molecule has 0 amide bonds. The molecule has 2 atom stereocenters. The van der Waals surface area contributed by atoms with Crippen LogP contribution in [0.2, 0.25) is 0 Å². The Labute approximate surface area is 117 Å². The Morgan fingerprint density at radius 2 is 2.21 bits per heavy atom. The minimum absolute atomic E-state index is 0.685. The van der Waals surface area contributed by atoms with Crippen molar-refractivity contribution in [1.29, 1.82) is 0 Å². The van der Waals surface area contributed by atoms with E-state index in [0.29, 0.717) is 5.92 Å². The Hall–Kier alpha value is -1.09. The lowest BCUT2D eigenvalue weighted by atomic mass is 10.2. The van der Waals surface area contributed by atoms with Crippen LogP contribution < -0.4 is 10.2 Å². The number of hydrogen-bond acceptors (Lipinski definition) is 3. The highest BCUT2D eigenvalue weighted by molar-refractivity contribution is 5.51. The standard InChI is InChI=1S/C16H27N3/c1-12(2)8-18-10-15-9-17-6-5-16(15)19(4)11-14-7-13(14)3/h5-6,9,12-14,18H,7-8,10-11H2,1-4H3. The fraction of sp³-hybridized carbons (Fsp3) is 0.688. The summed E-state index contributed by atoms with van der Waals surface area (Å²) >= 11 is 0. The van der Waals surface area contributed by atoms with Crippen LogP contribution in [0.4, 0.5) is 5.69 Å². The van der Waals surface area contributed by atoms with Gasteiger partial charge in [0.1, 0.15) is 0 Å². The SMILES string of the molecule is CC(C)CNCc1cnccc1N(C)CC1CC1C. The summed E-state index contributed by atoms with van der Waals surface area (Å²) in [5, 5.41) is 3.51. The van der Waals surface area contributed by atoms with Gasteiger partial charge in [-0.05, 0) is 36.8 Å². The quantitative estimate of drug-likeness (QED) is 0.818. The summed E-state index contributed by atoms with van der Waals surface area (Å²) in [7, 11) is 2.20. The molecule has 1 heterocycles. The molecule has 0 spiro atoms. The maximum atomic E-state index is 4.27. The van der Waals surface area contributed by atoms with Crippen molar-refractivity contribution in [2.75, 3.05) is 25.0 Å². The lowest BCUT2D eigenvalue weighted by Crippen LogP contribution is -2.25. The third kappa shape index (κ3) is 4.20. The maximum absolute atomic E-state index is 4.27. The largest absolute Gasteiger partial charge is 0.374 e. The van der Waals surface area contributed by atoms with Crippen LogP contribution in [0.1, 0.15) is 32.8 Å². The van der Waals surface area contributed by atoms with Crippen molar-refractivity contribution in [2.24, 2.45) is 17.8 Å². The van der Waals surface area contributed by atoms with Gasteiger partial charge in [0.25, 0.3) is 0 Å². The number of nitrogens with one attached hydrogen (secondary N) is 1. The number of anilines is 1. The fourth-order valence-corrected chi connectivity index (χ4v) is 2.53. The number of pyridine rings is 1. The van der Waals surface area contributed by atoms with E-state index in [1.807, 2.05) is 12.4 Å². The summed E-state index contributed by atoms with van der Waals surface area (Å²) in [4.78, 5) is 6.66. The van der Waals surface area contributed by atoms with Crippen LogP contribution in [0.15, 0.2) is 18.5 Å². The van der Waals surface area contributed by atoms with Crippen LogP contribution in [-0.2, 0) is 6.54 Å². The molecule has 3 nitrogen and oxygen atoms in total. The van der Waals surface area contributed by atoms with E-state index in [-0.39, 0.29) is 0 Å². The average Bonchev–Trinajstić information content (AvgIpc) is 3.05. The molecular formula is C16H27N3. The van der Waals surface area contributed by atoms with Gasteiger partial charge in [0.2, 0.25) is 0 Å². The molecule has 1 aromatic rings. The van der Waals surface area contributed by atoms with Crippen LogP contribution in [0.25, 0.3) is 0 Å². The van der Waals surface area contributed by atoms with E-state index in [0.717, 1.165) is 24.9 Å². The molecule has 1 fully saturated rings. The minimum atomic E-state index is 0.685. The molecule has 2 unspecified atom stereocenters. The third-order valence-electron chi connectivity index (χ3n) is 3.94. The zero-order chi connectivity index (χ0) is 13.8. The first-order valence-electron chi connectivity index (χ1n) is 7.42. The van der Waals surface area contributed by atoms with Crippen molar-refractivity contribution in [3.05, 3.63) is 24.0 Å². The van der Waals surface area contributed by atoms with Gasteiger partial charge in [-0.15, -0.1) is 0 Å². The van der Waals surface area contributed by atoms with E-state index in [9.17, 15) is 0 Å². The first-order chi connectivity index (χ1) is 9.08. The molecule has 1 saturated carbocycles. The number of hydrogen-bond donors (Lipinski definition) is 1. The lowest BCUT2D eigenvalue weighted by Gasteiger charge is -2.22. The van der Waals surface area contributed by atoms with Crippen molar-refractivity contribution < 1.29 is 0 Å². The Morgan fingerprint density at radius 1 is 1.47 bits per heavy atom. The molecule has 1 N–H and O–H groups in total. The molecule has 1 aliphatic rings. The van der Waals surface area contributed by atoms with E-state index in [1.54, 1.807) is 0 Å². The van der Waals surface area contributed by atoms with E-state index < -0.39 is 0 Å². The average molecular weight is 261 g/mol. The van der Waals surface area contributed by atoms with Gasteiger partial charge in [-0.1, -0.05) is 20.8 Å². The zero-order valence-corrected chi connectivity index (χ0v) is 12.7. The van der Waals surface area contributed by atoms with E-state index >= 15 is 0 Å². The highest BCUT2D eigenvalue weighted by Crippen LogP contribution is 2.38. The van der Waals surface area contributed by atoms with Gasteiger partial charge < -0.3 is 10.2 Å². The van der Waals surface area contributed by atoms with Gasteiger partial charge in [-0.3, -0.25) is 4.98 Å². The Balaban J connectivity index is 1.94. The topological polar surface area (TPSA) is 28.2 Å². The Morgan fingerprint density at radius 3 is 2.84 bits per heavy atom. The van der Waals surface area contributed by atoms with Gasteiger partial charge in [-0.2, -0.15) is 0 Å². The molecule has 0 saturated heterocycles. The zero-order valence-electron chi connectivity index (χ0n) is 12.7. The molecular weight excluding hydrogens is 234 g/mol. The molecule has 106 valence electrons. The summed E-state index contributed by atoms with van der Waals surface area (Å²) < 4.78 is 0. The van der Waals surface area contributed by atoms with Crippen LogP contribution in [0.3, 0.4) is 0 Å². The minimum Gasteiger partial charge on any atom is -0.374 e. The van der Waals surface area contributed by atoms with Crippen LogP contribution in [-0.4, -0.2) is 25.1 Å². The predicted molar refractivity (Wildman–Crippen MR) is 81.3 cm³/mol. The van der Waals surface area contributed by atoms with E-state index in [4.69, 9.17) is 0 Å². The lowest BCUT2D eigenvalue weighted by molar-refractivity contribution is 0.551. The fourth-order valence-electron chi connectivity index (χ4n) is 2.53. The molecule has 19 heavy (non-hydrogen) atoms. The van der Waals surface area contributed by atoms with Crippen molar-refractivity contribution in [2.45, 2.75) is 33.7 Å². The predicted octanol–water partition coefficient (Wildman–Crippen LogP) is 2.92. The van der Waals surface area contributed by atoms with Crippen molar-refractivity contribution in [3.63, 3.8) is 0 Å². The number of nitrogens with zero attached hydrogens (tertiary/aromatic N) is 2. The normalized spacial score (nSPS) is 21.7. The van der Waals surface area contributed by atoms with Gasteiger partial charge in [-0.25, -0.2) is 0 Å².